The molecule has 0 fully saturated rings. The minimum absolute atomic E-state index is 0.00636. The highest BCUT2D eigenvalue weighted by molar-refractivity contribution is 5.98. The number of nitrogens with two attached hydrogens (primary N) is 3. The Morgan fingerprint density at radius 2 is 1.01 bits per heavy atom. The van der Waals surface area contributed by atoms with E-state index in [0.29, 0.717) is 12.0 Å². The molecule has 25 heteroatoms. The molecular weight excluding hydrogens is 951 g/mol. The van der Waals surface area contributed by atoms with Gasteiger partial charge in [-0.25, -0.2) is 4.79 Å². The van der Waals surface area contributed by atoms with E-state index in [0.717, 1.165) is 0 Å². The molecule has 9 amide bonds. The van der Waals surface area contributed by atoms with E-state index in [2.05, 4.69) is 52.8 Å². The number of aliphatic carboxylic acids is 1. The van der Waals surface area contributed by atoms with Gasteiger partial charge in [-0.3, -0.25) is 48.1 Å². The number of rotatable bonds is 32. The van der Waals surface area contributed by atoms with Gasteiger partial charge in [-0.15, -0.1) is 0 Å². The highest BCUT2D eigenvalue weighted by atomic mass is 16.4. The molecule has 0 bridgehead atoms. The smallest absolute Gasteiger partial charge is 0.328 e. The summed E-state index contributed by atoms with van der Waals surface area (Å²) in [7, 11) is 0. The third-order valence-electron chi connectivity index (χ3n) is 11.6. The summed E-state index contributed by atoms with van der Waals surface area (Å²) >= 11 is 0. The van der Waals surface area contributed by atoms with Crippen molar-refractivity contribution in [3.63, 3.8) is 0 Å². The van der Waals surface area contributed by atoms with Gasteiger partial charge in [0, 0.05) is 13.0 Å². The number of carboxylic acids is 1. The van der Waals surface area contributed by atoms with Crippen LogP contribution in [0.3, 0.4) is 0 Å². The summed E-state index contributed by atoms with van der Waals surface area (Å²) < 4.78 is 0. The summed E-state index contributed by atoms with van der Waals surface area (Å²) in [6.45, 7) is 15.2. The predicted molar refractivity (Wildman–Crippen MR) is 271 cm³/mol. The molecule has 0 spiro atoms. The molecule has 0 heterocycles. The number of nitrogens with one attached hydrogen (secondary N) is 9. The average Bonchev–Trinajstić information content (AvgIpc) is 3.32. The summed E-state index contributed by atoms with van der Waals surface area (Å²) in [6, 6.07) is -2.91. The number of benzene rings is 1. The Balaban J connectivity index is 3.34. The summed E-state index contributed by atoms with van der Waals surface area (Å²) in [6.07, 6.45) is 0.642. The SMILES string of the molecule is CC[C@H](C)[C@H](NC(=O)[C@H](Cc1ccccc1)NC(=O)[C@H](CCCN=C(N)N)NC(=O)[C@@H](NC(=O)[C@H](C)NC(=O)[C@H](C)NC(=O)[C@@H](NC(=O)[C@H](CC(C)C)NC(=O)CN)C(C)C)C(C)C)C(=O)N[C@@H](CO)C(=O)O. The van der Waals surface area contributed by atoms with Crippen LogP contribution in [0.15, 0.2) is 35.3 Å². The van der Waals surface area contributed by atoms with Gasteiger partial charge in [0.1, 0.15) is 54.4 Å². The van der Waals surface area contributed by atoms with Crippen LogP contribution in [0.4, 0.5) is 0 Å². The zero-order valence-electron chi connectivity index (χ0n) is 43.7. The number of carbonyl (C=O) groups excluding carboxylic acids is 9. The molecule has 0 radical (unpaired) electrons. The van der Waals surface area contributed by atoms with E-state index in [1.807, 2.05) is 13.8 Å². The number of aliphatic hydroxyl groups excluding tert-OH is 1. The maximum atomic E-state index is 14.2. The molecule has 1 aromatic rings. The number of carboxylic acid groups (broad SMARTS) is 1. The highest BCUT2D eigenvalue weighted by Gasteiger charge is 2.36. The molecule has 73 heavy (non-hydrogen) atoms. The third-order valence-corrected chi connectivity index (χ3v) is 11.6. The lowest BCUT2D eigenvalue weighted by Crippen LogP contribution is -2.61. The van der Waals surface area contributed by atoms with Gasteiger partial charge in [-0.1, -0.05) is 92.1 Å². The Labute approximate surface area is 427 Å². The first-order valence-corrected chi connectivity index (χ1v) is 24.5. The van der Waals surface area contributed by atoms with Gasteiger partial charge in [-0.05, 0) is 62.3 Å². The molecule has 1 aromatic carbocycles. The van der Waals surface area contributed by atoms with Crippen molar-refractivity contribution in [3.8, 4) is 0 Å². The van der Waals surface area contributed by atoms with Gasteiger partial charge < -0.3 is 75.3 Å². The van der Waals surface area contributed by atoms with Crippen molar-refractivity contribution >= 4 is 65.1 Å². The van der Waals surface area contributed by atoms with E-state index in [1.165, 1.54) is 13.8 Å². The zero-order chi connectivity index (χ0) is 55.7. The van der Waals surface area contributed by atoms with Gasteiger partial charge in [-0.2, -0.15) is 0 Å². The number of aliphatic imine (C=N–C) groups is 1. The Bertz CT molecular complexity index is 2050. The highest BCUT2D eigenvalue weighted by Crippen LogP contribution is 2.13. The second kappa shape index (κ2) is 32.2. The van der Waals surface area contributed by atoms with Crippen LogP contribution in [0.25, 0.3) is 0 Å². The normalized spacial score (nSPS) is 15.3. The minimum atomic E-state index is -1.65. The van der Waals surface area contributed by atoms with Crippen molar-refractivity contribution in [2.75, 3.05) is 19.7 Å². The molecule has 17 N–H and O–H groups in total. The van der Waals surface area contributed by atoms with Crippen molar-refractivity contribution < 1.29 is 58.2 Å². The van der Waals surface area contributed by atoms with Crippen molar-refractivity contribution in [1.82, 2.24) is 47.9 Å². The van der Waals surface area contributed by atoms with Gasteiger partial charge in [0.25, 0.3) is 0 Å². The molecule has 0 aliphatic carbocycles. The van der Waals surface area contributed by atoms with E-state index in [1.54, 1.807) is 71.9 Å². The Kier molecular flexibility index (Phi) is 28.3. The average molecular weight is 1030 g/mol. The summed E-state index contributed by atoms with van der Waals surface area (Å²) in [4.78, 5) is 137. The van der Waals surface area contributed by atoms with Crippen LogP contribution in [0, 0.1) is 23.7 Å². The minimum Gasteiger partial charge on any atom is -0.480 e. The van der Waals surface area contributed by atoms with Crippen LogP contribution >= 0.6 is 0 Å². The molecule has 0 aliphatic rings. The van der Waals surface area contributed by atoms with Crippen LogP contribution in [-0.2, 0) is 54.4 Å². The van der Waals surface area contributed by atoms with E-state index in [4.69, 9.17) is 17.2 Å². The van der Waals surface area contributed by atoms with Crippen LogP contribution < -0.4 is 65.1 Å². The number of amides is 9. The van der Waals surface area contributed by atoms with E-state index in [9.17, 15) is 58.2 Å². The van der Waals surface area contributed by atoms with Crippen LogP contribution in [-0.4, -0.2) is 149 Å². The van der Waals surface area contributed by atoms with Crippen molar-refractivity contribution in [2.45, 2.75) is 156 Å². The maximum absolute atomic E-state index is 14.2. The van der Waals surface area contributed by atoms with E-state index in [-0.39, 0.29) is 50.7 Å². The Hall–Kier alpha value is -6.89. The number of carbonyl (C=O) groups is 10. The summed E-state index contributed by atoms with van der Waals surface area (Å²) in [5.74, 6) is -10.1. The fourth-order valence-corrected chi connectivity index (χ4v) is 7.10. The molecular formula is C48H81N13O12. The summed E-state index contributed by atoms with van der Waals surface area (Å²) in [5.41, 5.74) is 17.0. The molecule has 0 unspecified atom stereocenters. The topological polar surface area (TPSA) is 410 Å². The van der Waals surface area contributed by atoms with Crippen molar-refractivity contribution in [2.24, 2.45) is 45.9 Å². The first-order chi connectivity index (χ1) is 34.2. The van der Waals surface area contributed by atoms with Gasteiger partial charge in [0.15, 0.2) is 5.96 Å². The second-order valence-corrected chi connectivity index (χ2v) is 19.1. The van der Waals surface area contributed by atoms with Crippen LogP contribution in [0.2, 0.25) is 0 Å². The van der Waals surface area contributed by atoms with Crippen LogP contribution in [0.5, 0.6) is 0 Å². The second-order valence-electron chi connectivity index (χ2n) is 19.1. The molecule has 0 saturated carbocycles. The van der Waals surface area contributed by atoms with Crippen molar-refractivity contribution in [1.29, 1.82) is 0 Å². The number of nitrogens with zero attached hydrogens (tertiary/aromatic N) is 1. The van der Waals surface area contributed by atoms with E-state index < -0.39 is 138 Å². The Morgan fingerprint density at radius 3 is 1.51 bits per heavy atom. The fraction of sp³-hybridized carbons (Fsp3) is 0.646. The Morgan fingerprint density at radius 1 is 0.562 bits per heavy atom. The standard InChI is InChI=1S/C48H81N13O12/c1-11-27(8)38(46(71)58-34(23-62)47(72)73)61-43(68)33(21-30-16-13-12-14-17-30)57-41(66)31(18-15-19-52-48(50)51)56-45(70)37(26(6)7)59-40(65)29(10)53-39(64)28(9)54-44(69)36(25(4)5)60-42(67)32(20-24(2)3)55-35(63)22-49/h12-14,16-17,24-29,31-34,36-38,62H,11,15,18-23,49H2,1-10H3,(H,53,64)(H,54,69)(H,55,63)(H,56,70)(H,57,66)(H,58,71)(H,59,65)(H,60,67)(H,61,68)(H,72,73)(H4,50,51,52)/t27-,28-,29-,31-,32-,33-,34-,36-,37-,38-/m0/s1. The molecule has 0 aromatic heterocycles. The third kappa shape index (κ3) is 23.0. The number of aliphatic hydroxyl groups is 1. The zero-order valence-corrected chi connectivity index (χ0v) is 43.7. The molecule has 10 atom stereocenters. The van der Waals surface area contributed by atoms with Gasteiger partial charge in [0.2, 0.25) is 53.2 Å². The molecule has 410 valence electrons. The first-order valence-electron chi connectivity index (χ1n) is 24.5. The fourth-order valence-electron chi connectivity index (χ4n) is 7.10. The van der Waals surface area contributed by atoms with Gasteiger partial charge >= 0.3 is 5.97 Å². The predicted octanol–water partition coefficient (Wildman–Crippen LogP) is -2.87. The molecule has 25 nitrogen and oxygen atoms in total. The quantitative estimate of drug-likeness (QED) is 0.0196. The first kappa shape index (κ1) is 64.1. The van der Waals surface area contributed by atoms with Crippen LogP contribution in [0.1, 0.15) is 100 Å². The molecule has 0 saturated heterocycles. The molecule has 1 rings (SSSR count). The largest absolute Gasteiger partial charge is 0.480 e. The number of guanidine groups is 1. The lowest BCUT2D eigenvalue weighted by molar-refractivity contribution is -0.143. The molecule has 0 aliphatic heterocycles. The number of hydrogen-bond donors (Lipinski definition) is 14. The van der Waals surface area contributed by atoms with Crippen molar-refractivity contribution in [3.05, 3.63) is 35.9 Å². The maximum Gasteiger partial charge on any atom is 0.328 e. The lowest BCUT2D eigenvalue weighted by Gasteiger charge is -2.29. The van der Waals surface area contributed by atoms with Gasteiger partial charge in [0.05, 0.1) is 13.2 Å². The summed E-state index contributed by atoms with van der Waals surface area (Å²) in [5, 5.41) is 42.0. The monoisotopic (exact) mass is 1030 g/mol. The lowest BCUT2D eigenvalue weighted by atomic mass is 9.96. The number of hydrogen-bond acceptors (Lipinski definition) is 13. The van der Waals surface area contributed by atoms with E-state index >= 15 is 0 Å².